The Bertz CT molecular complexity index is 1410. The smallest absolute Gasteiger partial charge is 0.254 e. The summed E-state index contributed by atoms with van der Waals surface area (Å²) in [5.41, 5.74) is 3.67. The van der Waals surface area contributed by atoms with E-state index >= 15 is 0 Å². The maximum atomic E-state index is 12.6. The minimum Gasteiger partial charge on any atom is -0.364 e. The average molecular weight is 608 g/mol. The molecular formula is C32H36Cl2N6O2. The van der Waals surface area contributed by atoms with E-state index in [9.17, 15) is 14.9 Å². The fourth-order valence-electron chi connectivity index (χ4n) is 5.35. The molecule has 0 bridgehead atoms. The molecule has 2 heterocycles. The lowest BCUT2D eigenvalue weighted by Gasteiger charge is -2.42. The molecule has 0 aliphatic carbocycles. The second-order valence-electron chi connectivity index (χ2n) is 10.8. The highest BCUT2D eigenvalue weighted by atomic mass is 35.5. The molecule has 2 amide bonds. The summed E-state index contributed by atoms with van der Waals surface area (Å²) in [6, 6.07) is 18.3. The van der Waals surface area contributed by atoms with Crippen molar-refractivity contribution < 1.29 is 9.59 Å². The molecule has 1 aliphatic rings. The number of carbonyl (C=O) groups excluding carboxylic acids is 2. The van der Waals surface area contributed by atoms with E-state index in [0.717, 1.165) is 43.6 Å². The quantitative estimate of drug-likeness (QED) is 0.321. The molecule has 1 fully saturated rings. The summed E-state index contributed by atoms with van der Waals surface area (Å²) < 4.78 is 0. The monoisotopic (exact) mass is 606 g/mol. The van der Waals surface area contributed by atoms with Crippen molar-refractivity contribution in [1.29, 1.82) is 5.26 Å². The molecule has 220 valence electrons. The molecular weight excluding hydrogens is 571 g/mol. The zero-order valence-corrected chi connectivity index (χ0v) is 25.7. The first kappa shape index (κ1) is 31.3. The second-order valence-corrected chi connectivity index (χ2v) is 11.6. The van der Waals surface area contributed by atoms with Gasteiger partial charge in [0.1, 0.15) is 0 Å². The largest absolute Gasteiger partial charge is 0.364 e. The van der Waals surface area contributed by atoms with Crippen LogP contribution in [0.2, 0.25) is 10.0 Å². The van der Waals surface area contributed by atoms with Crippen LogP contribution in [0.4, 0.5) is 5.69 Å². The molecule has 10 heteroatoms. The minimum atomic E-state index is -0.298. The van der Waals surface area contributed by atoms with Gasteiger partial charge >= 0.3 is 0 Å². The van der Waals surface area contributed by atoms with Gasteiger partial charge in [-0.1, -0.05) is 35.3 Å². The van der Waals surface area contributed by atoms with Crippen molar-refractivity contribution in [2.24, 2.45) is 0 Å². The molecule has 0 radical (unpaired) electrons. The van der Waals surface area contributed by atoms with Crippen LogP contribution in [-0.4, -0.2) is 72.4 Å². The van der Waals surface area contributed by atoms with Crippen molar-refractivity contribution in [3.05, 3.63) is 93.2 Å². The molecule has 1 atom stereocenters. The standard InChI is InChI=1S/C32H36Cl2N6O2/c1-22(11-14-37-31(41)30-28(33)19-36-20-29(30)34)39-15-12-27(13-16-39)40(21-24-6-4-5-23(17-24)18-35)26-9-7-25(8-10-26)32(42)38(2)3/h4-10,17,19-20,22,27H,11-16,21H2,1-3H3,(H,37,41). The molecule has 1 N–H and O–H groups in total. The lowest BCUT2D eigenvalue weighted by atomic mass is 9.98. The summed E-state index contributed by atoms with van der Waals surface area (Å²) in [7, 11) is 3.50. The Labute approximate surface area is 257 Å². The highest BCUT2D eigenvalue weighted by molar-refractivity contribution is 6.39. The van der Waals surface area contributed by atoms with Gasteiger partial charge in [0.2, 0.25) is 0 Å². The average Bonchev–Trinajstić information content (AvgIpc) is 2.99. The van der Waals surface area contributed by atoms with Crippen molar-refractivity contribution >= 4 is 40.7 Å². The number of anilines is 1. The number of benzene rings is 2. The summed E-state index contributed by atoms with van der Waals surface area (Å²) in [5, 5.41) is 12.8. The predicted octanol–water partition coefficient (Wildman–Crippen LogP) is 5.64. The van der Waals surface area contributed by atoms with Gasteiger partial charge in [-0.05, 0) is 68.1 Å². The third-order valence-electron chi connectivity index (χ3n) is 7.75. The number of nitrogens with zero attached hydrogens (tertiary/aromatic N) is 5. The third-order valence-corrected chi connectivity index (χ3v) is 8.33. The lowest BCUT2D eigenvalue weighted by Crippen LogP contribution is -2.48. The minimum absolute atomic E-state index is 0.0275. The van der Waals surface area contributed by atoms with Gasteiger partial charge < -0.3 is 20.0 Å². The van der Waals surface area contributed by atoms with Crippen LogP contribution in [-0.2, 0) is 6.54 Å². The number of aromatic nitrogens is 1. The highest BCUT2D eigenvalue weighted by Gasteiger charge is 2.28. The van der Waals surface area contributed by atoms with Gasteiger partial charge in [0.25, 0.3) is 11.8 Å². The normalized spacial score (nSPS) is 14.6. The summed E-state index contributed by atoms with van der Waals surface area (Å²) in [6.07, 6.45) is 5.56. The molecule has 42 heavy (non-hydrogen) atoms. The van der Waals surface area contributed by atoms with Crippen LogP contribution < -0.4 is 10.2 Å². The number of carbonyl (C=O) groups is 2. The molecule has 8 nitrogen and oxygen atoms in total. The number of likely N-dealkylation sites (tertiary alicyclic amines) is 1. The van der Waals surface area contributed by atoms with Crippen LogP contribution in [0.25, 0.3) is 0 Å². The van der Waals surface area contributed by atoms with E-state index in [1.165, 1.54) is 12.4 Å². The van der Waals surface area contributed by atoms with Gasteiger partial charge in [-0.2, -0.15) is 5.26 Å². The Kier molecular flexibility index (Phi) is 10.8. The molecule has 1 saturated heterocycles. The number of nitrogens with one attached hydrogen (secondary N) is 1. The van der Waals surface area contributed by atoms with Gasteiger partial charge in [-0.15, -0.1) is 0 Å². The Hall–Kier alpha value is -3.64. The fourth-order valence-corrected chi connectivity index (χ4v) is 5.89. The first-order valence-electron chi connectivity index (χ1n) is 14.1. The number of halogens is 2. The molecule has 1 aliphatic heterocycles. The van der Waals surface area contributed by atoms with E-state index in [1.54, 1.807) is 19.0 Å². The van der Waals surface area contributed by atoms with E-state index < -0.39 is 0 Å². The predicted molar refractivity (Wildman–Crippen MR) is 167 cm³/mol. The number of hydrogen-bond acceptors (Lipinski definition) is 6. The SMILES string of the molecule is CC(CCNC(=O)c1c(Cl)cncc1Cl)N1CCC(N(Cc2cccc(C#N)c2)c2ccc(C(=O)N(C)C)cc2)CC1. The molecule has 0 saturated carbocycles. The molecule has 0 spiro atoms. The Balaban J connectivity index is 1.39. The highest BCUT2D eigenvalue weighted by Crippen LogP contribution is 2.28. The Morgan fingerprint density at radius 2 is 1.76 bits per heavy atom. The first-order chi connectivity index (χ1) is 20.2. The van der Waals surface area contributed by atoms with Crippen molar-refractivity contribution in [3.8, 4) is 6.07 Å². The number of rotatable bonds is 10. The fraction of sp³-hybridized carbons (Fsp3) is 0.375. The number of amides is 2. The van der Waals surface area contributed by atoms with Crippen LogP contribution in [0.3, 0.4) is 0 Å². The second kappa shape index (κ2) is 14.5. The van der Waals surface area contributed by atoms with Crippen molar-refractivity contribution in [3.63, 3.8) is 0 Å². The van der Waals surface area contributed by atoms with E-state index in [2.05, 4.69) is 39.2 Å². The maximum absolute atomic E-state index is 12.6. The molecule has 4 rings (SSSR count). The van der Waals surface area contributed by atoms with Crippen molar-refractivity contribution in [2.45, 2.75) is 44.8 Å². The van der Waals surface area contributed by atoms with Crippen LogP contribution in [0.5, 0.6) is 0 Å². The van der Waals surface area contributed by atoms with Crippen molar-refractivity contribution in [1.82, 2.24) is 20.1 Å². The molecule has 2 aromatic carbocycles. The van der Waals surface area contributed by atoms with Gasteiger partial charge in [0, 0.05) is 76.0 Å². The summed E-state index contributed by atoms with van der Waals surface area (Å²) in [6.45, 7) is 5.21. The van der Waals surface area contributed by atoms with Gasteiger partial charge in [0.15, 0.2) is 0 Å². The van der Waals surface area contributed by atoms with E-state index in [4.69, 9.17) is 23.2 Å². The Morgan fingerprint density at radius 1 is 1.10 bits per heavy atom. The van der Waals surface area contributed by atoms with Crippen LogP contribution in [0, 0.1) is 11.3 Å². The zero-order valence-electron chi connectivity index (χ0n) is 24.2. The number of hydrogen-bond donors (Lipinski definition) is 1. The maximum Gasteiger partial charge on any atom is 0.254 e. The van der Waals surface area contributed by atoms with Crippen LogP contribution in [0.1, 0.15) is 58.0 Å². The van der Waals surface area contributed by atoms with E-state index in [1.807, 2.05) is 42.5 Å². The van der Waals surface area contributed by atoms with Gasteiger partial charge in [0.05, 0.1) is 27.2 Å². The molecule has 1 aromatic heterocycles. The van der Waals surface area contributed by atoms with Crippen molar-refractivity contribution in [2.75, 3.05) is 38.6 Å². The summed E-state index contributed by atoms with van der Waals surface area (Å²) >= 11 is 12.2. The van der Waals surface area contributed by atoms with Crippen LogP contribution in [0.15, 0.2) is 60.9 Å². The van der Waals surface area contributed by atoms with E-state index in [-0.39, 0.29) is 33.5 Å². The number of nitriles is 1. The summed E-state index contributed by atoms with van der Waals surface area (Å²) in [4.78, 5) is 35.4. The topological polar surface area (TPSA) is 92.6 Å². The van der Waals surface area contributed by atoms with E-state index in [0.29, 0.717) is 30.3 Å². The Morgan fingerprint density at radius 3 is 2.38 bits per heavy atom. The number of piperidine rings is 1. The summed E-state index contributed by atoms with van der Waals surface area (Å²) in [5.74, 6) is -0.326. The zero-order chi connectivity index (χ0) is 30.2. The third kappa shape index (κ3) is 7.80. The number of pyridine rings is 1. The van der Waals surface area contributed by atoms with Gasteiger partial charge in [-0.25, -0.2) is 0 Å². The first-order valence-corrected chi connectivity index (χ1v) is 14.8. The lowest BCUT2D eigenvalue weighted by molar-refractivity contribution is 0.0827. The molecule has 3 aromatic rings. The van der Waals surface area contributed by atoms with Crippen LogP contribution >= 0.6 is 23.2 Å². The van der Waals surface area contributed by atoms with Gasteiger partial charge in [-0.3, -0.25) is 14.6 Å². The molecule has 1 unspecified atom stereocenters.